The van der Waals surface area contributed by atoms with Crippen LogP contribution in [-0.4, -0.2) is 29.3 Å². The number of carbonyl (C=O) groups is 1. The highest BCUT2D eigenvalue weighted by atomic mass is 35.5. The van der Waals surface area contributed by atoms with E-state index in [1.165, 1.54) is 11.1 Å². The summed E-state index contributed by atoms with van der Waals surface area (Å²) in [5, 5.41) is 0. The van der Waals surface area contributed by atoms with Gasteiger partial charge in [-0.3, -0.25) is 4.79 Å². The molecule has 1 rings (SSSR count). The molecule has 3 heteroatoms. The van der Waals surface area contributed by atoms with Gasteiger partial charge in [-0.2, -0.15) is 0 Å². The van der Waals surface area contributed by atoms with Crippen molar-refractivity contribution in [2.24, 2.45) is 0 Å². The third-order valence-electron chi connectivity index (χ3n) is 3.78. The van der Waals surface area contributed by atoms with Crippen LogP contribution in [0, 0.1) is 6.92 Å². The first-order valence-electron chi connectivity index (χ1n) is 7.53. The van der Waals surface area contributed by atoms with E-state index in [9.17, 15) is 4.79 Å². The highest BCUT2D eigenvalue weighted by molar-refractivity contribution is 6.18. The molecule has 0 unspecified atom stereocenters. The number of rotatable bonds is 8. The monoisotopic (exact) mass is 295 g/mol. The zero-order valence-corrected chi connectivity index (χ0v) is 13.6. The molecule has 0 aliphatic heterocycles. The summed E-state index contributed by atoms with van der Waals surface area (Å²) >= 11 is 5.84. The van der Waals surface area contributed by atoms with Gasteiger partial charge in [0.05, 0.1) is 0 Å². The molecule has 112 valence electrons. The van der Waals surface area contributed by atoms with Crippen LogP contribution in [0.2, 0.25) is 0 Å². The molecule has 0 aliphatic carbocycles. The lowest BCUT2D eigenvalue weighted by atomic mass is 10.1. The van der Waals surface area contributed by atoms with E-state index < -0.39 is 0 Å². The van der Waals surface area contributed by atoms with Gasteiger partial charge in [-0.1, -0.05) is 43.7 Å². The number of nitrogens with zero attached hydrogens (tertiary/aromatic N) is 1. The summed E-state index contributed by atoms with van der Waals surface area (Å²) in [7, 11) is 0. The molecule has 0 aromatic heterocycles. The molecule has 1 amide bonds. The van der Waals surface area contributed by atoms with Crippen molar-refractivity contribution in [1.82, 2.24) is 4.90 Å². The molecule has 0 radical (unpaired) electrons. The minimum atomic E-state index is 0.222. The molecule has 0 saturated heterocycles. The van der Waals surface area contributed by atoms with Crippen LogP contribution in [0.25, 0.3) is 0 Å². The minimum Gasteiger partial charge on any atom is -0.339 e. The van der Waals surface area contributed by atoms with Crippen LogP contribution >= 0.6 is 11.6 Å². The van der Waals surface area contributed by atoms with Crippen molar-refractivity contribution in [2.45, 2.75) is 52.5 Å². The molecule has 0 aliphatic rings. The molecule has 0 fully saturated rings. The summed E-state index contributed by atoms with van der Waals surface area (Å²) in [6.45, 7) is 6.98. The van der Waals surface area contributed by atoms with Gasteiger partial charge in [0, 0.05) is 24.9 Å². The van der Waals surface area contributed by atoms with Crippen molar-refractivity contribution in [2.75, 3.05) is 12.4 Å². The van der Waals surface area contributed by atoms with Gasteiger partial charge in [0.1, 0.15) is 0 Å². The summed E-state index contributed by atoms with van der Waals surface area (Å²) in [5.41, 5.74) is 2.47. The van der Waals surface area contributed by atoms with E-state index in [0.717, 1.165) is 19.3 Å². The molecule has 0 N–H and O–H groups in total. The molecular formula is C17H26ClNO. The van der Waals surface area contributed by atoms with Gasteiger partial charge in [0.2, 0.25) is 5.91 Å². The quantitative estimate of drug-likeness (QED) is 0.659. The van der Waals surface area contributed by atoms with Crippen LogP contribution in [0.4, 0.5) is 0 Å². The van der Waals surface area contributed by atoms with Gasteiger partial charge in [-0.15, -0.1) is 11.6 Å². The van der Waals surface area contributed by atoms with E-state index in [1.54, 1.807) is 0 Å². The SMILES string of the molecule is CCC(CC)N(CCCl)C(=O)CCc1ccc(C)cc1. The Kier molecular flexibility index (Phi) is 7.68. The van der Waals surface area contributed by atoms with Gasteiger partial charge in [0.15, 0.2) is 0 Å². The first-order valence-corrected chi connectivity index (χ1v) is 8.06. The normalized spacial score (nSPS) is 10.8. The Morgan fingerprint density at radius 2 is 1.80 bits per heavy atom. The number of hydrogen-bond acceptors (Lipinski definition) is 1. The number of alkyl halides is 1. The topological polar surface area (TPSA) is 20.3 Å². The summed E-state index contributed by atoms with van der Waals surface area (Å²) in [6, 6.07) is 8.71. The Morgan fingerprint density at radius 1 is 1.20 bits per heavy atom. The van der Waals surface area contributed by atoms with Crippen LogP contribution in [0.5, 0.6) is 0 Å². The first-order chi connectivity index (χ1) is 9.62. The summed E-state index contributed by atoms with van der Waals surface area (Å²) in [5.74, 6) is 0.729. The van der Waals surface area contributed by atoms with E-state index in [2.05, 4.69) is 45.0 Å². The Bertz CT molecular complexity index is 398. The Labute approximate surface area is 128 Å². The average Bonchev–Trinajstić information content (AvgIpc) is 2.46. The summed E-state index contributed by atoms with van der Waals surface area (Å²) in [4.78, 5) is 14.4. The molecule has 0 spiro atoms. The maximum absolute atomic E-state index is 12.4. The summed E-state index contributed by atoms with van der Waals surface area (Å²) in [6.07, 6.45) is 3.35. The molecule has 0 saturated carbocycles. The zero-order chi connectivity index (χ0) is 15.0. The smallest absolute Gasteiger partial charge is 0.223 e. The van der Waals surface area contributed by atoms with Gasteiger partial charge >= 0.3 is 0 Å². The Hall–Kier alpha value is -1.02. The molecule has 1 aromatic rings. The second-order valence-electron chi connectivity index (χ2n) is 5.23. The third-order valence-corrected chi connectivity index (χ3v) is 3.95. The fourth-order valence-electron chi connectivity index (χ4n) is 2.48. The maximum Gasteiger partial charge on any atom is 0.223 e. The van der Waals surface area contributed by atoms with E-state index >= 15 is 0 Å². The second-order valence-corrected chi connectivity index (χ2v) is 5.61. The number of halogens is 1. The molecule has 0 bridgehead atoms. The maximum atomic E-state index is 12.4. The number of aryl methyl sites for hydroxylation is 2. The lowest BCUT2D eigenvalue weighted by Crippen LogP contribution is -2.41. The van der Waals surface area contributed by atoms with E-state index in [1.807, 2.05) is 4.90 Å². The number of hydrogen-bond donors (Lipinski definition) is 0. The van der Waals surface area contributed by atoms with Crippen molar-refractivity contribution in [3.8, 4) is 0 Å². The van der Waals surface area contributed by atoms with Gasteiger partial charge < -0.3 is 4.90 Å². The van der Waals surface area contributed by atoms with Crippen LogP contribution in [0.15, 0.2) is 24.3 Å². The van der Waals surface area contributed by atoms with Crippen molar-refractivity contribution in [3.05, 3.63) is 35.4 Å². The fraction of sp³-hybridized carbons (Fsp3) is 0.588. The van der Waals surface area contributed by atoms with Crippen molar-refractivity contribution in [3.63, 3.8) is 0 Å². The van der Waals surface area contributed by atoms with Crippen LogP contribution in [0.1, 0.15) is 44.2 Å². The average molecular weight is 296 g/mol. The lowest BCUT2D eigenvalue weighted by Gasteiger charge is -2.30. The second kappa shape index (κ2) is 9.02. The fourth-order valence-corrected chi connectivity index (χ4v) is 2.66. The largest absolute Gasteiger partial charge is 0.339 e. The molecule has 0 heterocycles. The Morgan fingerprint density at radius 3 is 2.30 bits per heavy atom. The lowest BCUT2D eigenvalue weighted by molar-refractivity contribution is -0.133. The minimum absolute atomic E-state index is 0.222. The van der Waals surface area contributed by atoms with Gasteiger partial charge in [-0.25, -0.2) is 0 Å². The molecule has 20 heavy (non-hydrogen) atoms. The molecule has 0 atom stereocenters. The highest BCUT2D eigenvalue weighted by Crippen LogP contribution is 2.13. The van der Waals surface area contributed by atoms with Crippen LogP contribution in [0.3, 0.4) is 0 Å². The predicted molar refractivity (Wildman–Crippen MR) is 86.3 cm³/mol. The standard InChI is InChI=1S/C17H26ClNO/c1-4-16(5-2)19(13-12-18)17(20)11-10-15-8-6-14(3)7-9-15/h6-9,16H,4-5,10-13H2,1-3H3. The van der Waals surface area contributed by atoms with E-state index in [0.29, 0.717) is 24.9 Å². The number of benzene rings is 1. The number of carbonyl (C=O) groups excluding carboxylic acids is 1. The van der Waals surface area contributed by atoms with E-state index in [-0.39, 0.29) is 5.91 Å². The first kappa shape index (κ1) is 17.0. The van der Waals surface area contributed by atoms with Crippen LogP contribution in [-0.2, 0) is 11.2 Å². The molecular weight excluding hydrogens is 270 g/mol. The van der Waals surface area contributed by atoms with Crippen molar-refractivity contribution < 1.29 is 4.79 Å². The Balaban J connectivity index is 2.59. The van der Waals surface area contributed by atoms with Crippen molar-refractivity contribution >= 4 is 17.5 Å². The van der Waals surface area contributed by atoms with Crippen LogP contribution < -0.4 is 0 Å². The van der Waals surface area contributed by atoms with E-state index in [4.69, 9.17) is 11.6 Å². The van der Waals surface area contributed by atoms with Gasteiger partial charge in [0.25, 0.3) is 0 Å². The molecule has 2 nitrogen and oxygen atoms in total. The molecule has 1 aromatic carbocycles. The van der Waals surface area contributed by atoms with Crippen molar-refractivity contribution in [1.29, 1.82) is 0 Å². The highest BCUT2D eigenvalue weighted by Gasteiger charge is 2.19. The third kappa shape index (κ3) is 5.16. The van der Waals surface area contributed by atoms with Gasteiger partial charge in [-0.05, 0) is 31.7 Å². The zero-order valence-electron chi connectivity index (χ0n) is 12.9. The summed E-state index contributed by atoms with van der Waals surface area (Å²) < 4.78 is 0. The predicted octanol–water partition coefficient (Wildman–Crippen LogP) is 4.18. The number of amides is 1.